The molecule has 1 atom stereocenters. The number of amides is 1. The van der Waals surface area contributed by atoms with Crippen molar-refractivity contribution < 1.29 is 14.3 Å². The molecule has 1 N–H and O–H groups in total. The van der Waals surface area contributed by atoms with E-state index in [-0.39, 0.29) is 5.91 Å². The third-order valence-electron chi connectivity index (χ3n) is 3.28. The standard InChI is InChI=1S/C16H20N2O3S/c1-4-13(20-2)15(19)17-9-11-10-18-16(22-11)12-7-5-6-8-14(12)21-3/h5-8,10,13H,4,9H2,1-3H3,(H,17,19). The quantitative estimate of drug-likeness (QED) is 0.852. The molecule has 5 nitrogen and oxygen atoms in total. The van der Waals surface area contributed by atoms with Crippen LogP contribution in [0.2, 0.25) is 0 Å². The maximum atomic E-state index is 11.9. The van der Waals surface area contributed by atoms with E-state index in [1.165, 1.54) is 11.3 Å². The molecule has 0 radical (unpaired) electrons. The van der Waals surface area contributed by atoms with Gasteiger partial charge in [0.25, 0.3) is 0 Å². The highest BCUT2D eigenvalue weighted by Crippen LogP contribution is 2.32. The molecule has 1 heterocycles. The normalized spacial score (nSPS) is 12.0. The van der Waals surface area contributed by atoms with Gasteiger partial charge in [0.15, 0.2) is 0 Å². The van der Waals surface area contributed by atoms with E-state index in [1.807, 2.05) is 31.2 Å². The molecule has 2 aromatic rings. The third-order valence-corrected chi connectivity index (χ3v) is 4.31. The van der Waals surface area contributed by atoms with Gasteiger partial charge in [0.2, 0.25) is 5.91 Å². The predicted molar refractivity (Wildman–Crippen MR) is 87.0 cm³/mol. The van der Waals surface area contributed by atoms with Crippen LogP contribution in [0.5, 0.6) is 5.75 Å². The predicted octanol–water partition coefficient (Wildman–Crippen LogP) is 2.86. The average Bonchev–Trinajstić information content (AvgIpc) is 3.02. The summed E-state index contributed by atoms with van der Waals surface area (Å²) < 4.78 is 10.5. The molecular weight excluding hydrogens is 300 g/mol. The van der Waals surface area contributed by atoms with Crippen LogP contribution in [0.4, 0.5) is 0 Å². The molecule has 1 amide bonds. The van der Waals surface area contributed by atoms with E-state index >= 15 is 0 Å². The van der Waals surface area contributed by atoms with Crippen LogP contribution in [-0.4, -0.2) is 31.2 Å². The van der Waals surface area contributed by atoms with Gasteiger partial charge in [-0.2, -0.15) is 0 Å². The van der Waals surface area contributed by atoms with Crippen molar-refractivity contribution in [1.29, 1.82) is 0 Å². The van der Waals surface area contributed by atoms with Crippen molar-refractivity contribution in [2.75, 3.05) is 14.2 Å². The van der Waals surface area contributed by atoms with Crippen LogP contribution in [0.1, 0.15) is 18.2 Å². The number of methoxy groups -OCH3 is 2. The summed E-state index contributed by atoms with van der Waals surface area (Å²) in [5.41, 5.74) is 0.955. The third kappa shape index (κ3) is 3.84. The zero-order valence-corrected chi connectivity index (χ0v) is 13.8. The van der Waals surface area contributed by atoms with Crippen molar-refractivity contribution in [3.8, 4) is 16.3 Å². The number of hydrogen-bond acceptors (Lipinski definition) is 5. The lowest BCUT2D eigenvalue weighted by Crippen LogP contribution is -2.34. The smallest absolute Gasteiger partial charge is 0.249 e. The fourth-order valence-corrected chi connectivity index (χ4v) is 2.96. The Kier molecular flexibility index (Phi) is 5.91. The molecule has 0 fully saturated rings. The van der Waals surface area contributed by atoms with Crippen molar-refractivity contribution in [3.05, 3.63) is 35.3 Å². The maximum absolute atomic E-state index is 11.9. The lowest BCUT2D eigenvalue weighted by Gasteiger charge is -2.12. The monoisotopic (exact) mass is 320 g/mol. The minimum Gasteiger partial charge on any atom is -0.496 e. The molecule has 0 saturated heterocycles. The number of aromatic nitrogens is 1. The van der Waals surface area contributed by atoms with E-state index in [2.05, 4.69) is 10.3 Å². The van der Waals surface area contributed by atoms with Gasteiger partial charge in [-0.15, -0.1) is 11.3 Å². The van der Waals surface area contributed by atoms with Gasteiger partial charge < -0.3 is 14.8 Å². The molecule has 0 aliphatic rings. The molecule has 0 bridgehead atoms. The fraction of sp³-hybridized carbons (Fsp3) is 0.375. The van der Waals surface area contributed by atoms with Crippen molar-refractivity contribution in [1.82, 2.24) is 10.3 Å². The Morgan fingerprint density at radius 1 is 1.36 bits per heavy atom. The Bertz CT molecular complexity index is 623. The Morgan fingerprint density at radius 2 is 2.14 bits per heavy atom. The van der Waals surface area contributed by atoms with Crippen molar-refractivity contribution >= 4 is 17.2 Å². The summed E-state index contributed by atoms with van der Waals surface area (Å²) in [6.07, 6.45) is 2.03. The number of ether oxygens (including phenoxy) is 2. The second-order valence-electron chi connectivity index (χ2n) is 4.68. The summed E-state index contributed by atoms with van der Waals surface area (Å²) in [5.74, 6) is 0.690. The molecule has 0 saturated carbocycles. The summed E-state index contributed by atoms with van der Waals surface area (Å²) in [7, 11) is 3.18. The highest BCUT2D eigenvalue weighted by atomic mass is 32.1. The van der Waals surface area contributed by atoms with E-state index in [9.17, 15) is 4.79 Å². The van der Waals surface area contributed by atoms with E-state index in [0.29, 0.717) is 13.0 Å². The first kappa shape index (κ1) is 16.5. The second kappa shape index (κ2) is 7.91. The van der Waals surface area contributed by atoms with E-state index in [0.717, 1.165) is 21.2 Å². The van der Waals surface area contributed by atoms with E-state index in [4.69, 9.17) is 9.47 Å². The van der Waals surface area contributed by atoms with Crippen LogP contribution < -0.4 is 10.1 Å². The SMILES string of the molecule is CCC(OC)C(=O)NCc1cnc(-c2ccccc2OC)s1. The highest BCUT2D eigenvalue weighted by molar-refractivity contribution is 7.15. The number of hydrogen-bond donors (Lipinski definition) is 1. The van der Waals surface area contributed by atoms with Crippen molar-refractivity contribution in [2.45, 2.75) is 26.0 Å². The number of para-hydroxylation sites is 1. The summed E-state index contributed by atoms with van der Waals surface area (Å²) in [4.78, 5) is 17.3. The van der Waals surface area contributed by atoms with Crippen molar-refractivity contribution in [2.24, 2.45) is 0 Å². The van der Waals surface area contributed by atoms with Crippen LogP contribution in [0.3, 0.4) is 0 Å². The number of thiazole rings is 1. The summed E-state index contributed by atoms with van der Waals surface area (Å²) in [6.45, 7) is 2.37. The lowest BCUT2D eigenvalue weighted by molar-refractivity contribution is -0.131. The number of benzene rings is 1. The Hall–Kier alpha value is -1.92. The van der Waals surface area contributed by atoms with Crippen LogP contribution in [0.15, 0.2) is 30.5 Å². The minimum atomic E-state index is -0.401. The molecule has 1 aromatic heterocycles. The number of nitrogens with zero attached hydrogens (tertiary/aromatic N) is 1. The van der Waals surface area contributed by atoms with Gasteiger partial charge in [-0.25, -0.2) is 4.98 Å². The molecule has 0 aliphatic heterocycles. The second-order valence-corrected chi connectivity index (χ2v) is 5.80. The maximum Gasteiger partial charge on any atom is 0.249 e. The van der Waals surface area contributed by atoms with Gasteiger partial charge in [0.05, 0.1) is 19.2 Å². The van der Waals surface area contributed by atoms with Crippen LogP contribution in [0, 0.1) is 0 Å². The first-order valence-corrected chi connectivity index (χ1v) is 7.89. The number of nitrogens with one attached hydrogen (secondary N) is 1. The summed E-state index contributed by atoms with van der Waals surface area (Å²) in [6, 6.07) is 7.75. The molecule has 118 valence electrons. The van der Waals surface area contributed by atoms with Gasteiger partial charge in [-0.05, 0) is 18.6 Å². The first-order chi connectivity index (χ1) is 10.7. The fourth-order valence-electron chi connectivity index (χ4n) is 2.08. The van der Waals surface area contributed by atoms with Crippen molar-refractivity contribution in [3.63, 3.8) is 0 Å². The van der Waals surface area contributed by atoms with Gasteiger partial charge in [0, 0.05) is 18.2 Å². The minimum absolute atomic E-state index is 0.0998. The molecule has 1 unspecified atom stereocenters. The van der Waals surface area contributed by atoms with E-state index < -0.39 is 6.10 Å². The van der Waals surface area contributed by atoms with Gasteiger partial charge in [-0.3, -0.25) is 4.79 Å². The summed E-state index contributed by atoms with van der Waals surface area (Å²) in [5, 5.41) is 3.74. The largest absolute Gasteiger partial charge is 0.496 e. The molecule has 6 heteroatoms. The topological polar surface area (TPSA) is 60.5 Å². The average molecular weight is 320 g/mol. The molecule has 1 aromatic carbocycles. The highest BCUT2D eigenvalue weighted by Gasteiger charge is 2.15. The number of carbonyl (C=O) groups is 1. The Balaban J connectivity index is 2.04. The summed E-state index contributed by atoms with van der Waals surface area (Å²) >= 11 is 1.54. The zero-order valence-electron chi connectivity index (χ0n) is 13.0. The first-order valence-electron chi connectivity index (χ1n) is 7.08. The Morgan fingerprint density at radius 3 is 2.82 bits per heavy atom. The van der Waals surface area contributed by atoms with E-state index in [1.54, 1.807) is 20.4 Å². The molecular formula is C16H20N2O3S. The van der Waals surface area contributed by atoms with Crippen LogP contribution in [-0.2, 0) is 16.1 Å². The lowest BCUT2D eigenvalue weighted by atomic mass is 10.2. The van der Waals surface area contributed by atoms with Gasteiger partial charge >= 0.3 is 0 Å². The molecule has 0 aliphatic carbocycles. The molecule has 22 heavy (non-hydrogen) atoms. The number of carbonyl (C=O) groups excluding carboxylic acids is 1. The number of rotatable bonds is 7. The molecule has 0 spiro atoms. The van der Waals surface area contributed by atoms with Crippen LogP contribution in [0.25, 0.3) is 10.6 Å². The molecule has 2 rings (SSSR count). The van der Waals surface area contributed by atoms with Crippen LogP contribution >= 0.6 is 11.3 Å². The van der Waals surface area contributed by atoms with Gasteiger partial charge in [-0.1, -0.05) is 19.1 Å². The zero-order chi connectivity index (χ0) is 15.9. The Labute approximate surface area is 134 Å². The van der Waals surface area contributed by atoms with Gasteiger partial charge in [0.1, 0.15) is 16.9 Å².